The summed E-state index contributed by atoms with van der Waals surface area (Å²) in [6.07, 6.45) is -0.541. The second-order valence-corrected chi connectivity index (χ2v) is 7.14. The molecule has 0 saturated heterocycles. The molecule has 0 aromatic carbocycles. The first-order chi connectivity index (χ1) is 8.15. The van der Waals surface area contributed by atoms with Crippen LogP contribution in [0.3, 0.4) is 0 Å². The van der Waals surface area contributed by atoms with Crippen LogP contribution in [0.5, 0.6) is 0 Å². The number of aliphatic hydroxyl groups excluding tert-OH is 1. The third kappa shape index (κ3) is 3.56. The van der Waals surface area contributed by atoms with Gasteiger partial charge < -0.3 is 10.4 Å². The molecule has 0 aliphatic rings. The van der Waals surface area contributed by atoms with Gasteiger partial charge in [0.15, 0.2) is 0 Å². The van der Waals surface area contributed by atoms with Gasteiger partial charge in [-0.2, -0.15) is 0 Å². The Balaban J connectivity index is 2.61. The summed E-state index contributed by atoms with van der Waals surface area (Å²) in [7, 11) is 0. The highest BCUT2D eigenvalue weighted by molar-refractivity contribution is 7.10. The Morgan fingerprint density at radius 2 is 2.00 bits per heavy atom. The predicted molar refractivity (Wildman–Crippen MR) is 75.8 cm³/mol. The van der Waals surface area contributed by atoms with Crippen LogP contribution in [0.2, 0.25) is 0 Å². The molecule has 0 radical (unpaired) electrons. The number of aliphatic hydroxyl groups is 1. The number of hydrogen-bond donors (Lipinski definition) is 2. The first-order valence-corrected chi connectivity index (χ1v) is 7.04. The van der Waals surface area contributed by atoms with Gasteiger partial charge in [0.2, 0.25) is 5.91 Å². The molecule has 1 heterocycles. The summed E-state index contributed by atoms with van der Waals surface area (Å²) in [5.41, 5.74) is -0.772. The van der Waals surface area contributed by atoms with E-state index in [0.29, 0.717) is 0 Å². The lowest BCUT2D eigenvalue weighted by atomic mass is 9.87. The van der Waals surface area contributed by atoms with Crippen LogP contribution < -0.4 is 5.32 Å². The van der Waals surface area contributed by atoms with E-state index in [1.165, 1.54) is 0 Å². The molecule has 1 aromatic rings. The van der Waals surface area contributed by atoms with E-state index in [0.717, 1.165) is 4.88 Å². The van der Waals surface area contributed by atoms with E-state index in [-0.39, 0.29) is 17.9 Å². The minimum Gasteiger partial charge on any atom is -0.391 e. The molecule has 18 heavy (non-hydrogen) atoms. The van der Waals surface area contributed by atoms with Gasteiger partial charge in [-0.1, -0.05) is 26.8 Å². The summed E-state index contributed by atoms with van der Waals surface area (Å²) in [6, 6.07) is 3.91. The molecule has 0 saturated carbocycles. The molecular formula is C14H23NO2S. The summed E-state index contributed by atoms with van der Waals surface area (Å²) >= 11 is 1.57. The van der Waals surface area contributed by atoms with Crippen LogP contribution in [0.4, 0.5) is 0 Å². The van der Waals surface area contributed by atoms with E-state index in [9.17, 15) is 9.90 Å². The average Bonchev–Trinajstić information content (AvgIpc) is 2.77. The van der Waals surface area contributed by atoms with Crippen molar-refractivity contribution in [2.75, 3.05) is 6.54 Å². The Morgan fingerprint density at radius 1 is 1.39 bits per heavy atom. The minimum absolute atomic E-state index is 0.0479. The van der Waals surface area contributed by atoms with Crippen molar-refractivity contribution in [2.45, 2.75) is 46.1 Å². The van der Waals surface area contributed by atoms with Gasteiger partial charge in [-0.25, -0.2) is 0 Å². The molecule has 1 amide bonds. The van der Waals surface area contributed by atoms with E-state index in [4.69, 9.17) is 0 Å². The SMILES string of the molecule is CC(C)(C(=O)NCC(O)C(C)(C)C)c1cccs1. The van der Waals surface area contributed by atoms with Crippen molar-refractivity contribution in [3.05, 3.63) is 22.4 Å². The van der Waals surface area contributed by atoms with Gasteiger partial charge in [-0.05, 0) is 30.7 Å². The zero-order valence-electron chi connectivity index (χ0n) is 11.8. The summed E-state index contributed by atoms with van der Waals surface area (Å²) in [4.78, 5) is 13.2. The van der Waals surface area contributed by atoms with Gasteiger partial charge in [0.1, 0.15) is 0 Å². The number of carbonyl (C=O) groups excluding carboxylic acids is 1. The smallest absolute Gasteiger partial charge is 0.231 e. The quantitative estimate of drug-likeness (QED) is 0.882. The molecule has 0 aliphatic heterocycles. The van der Waals surface area contributed by atoms with Crippen molar-refractivity contribution >= 4 is 17.2 Å². The fraction of sp³-hybridized carbons (Fsp3) is 0.643. The van der Waals surface area contributed by atoms with E-state index >= 15 is 0 Å². The molecule has 0 fully saturated rings. The second kappa shape index (κ2) is 5.41. The minimum atomic E-state index is -0.550. The lowest BCUT2D eigenvalue weighted by molar-refractivity contribution is -0.126. The predicted octanol–water partition coefficient (Wildman–Crippen LogP) is 2.55. The maximum atomic E-state index is 12.2. The number of carbonyl (C=O) groups is 1. The molecule has 2 N–H and O–H groups in total. The van der Waals surface area contributed by atoms with Crippen LogP contribution in [0.25, 0.3) is 0 Å². The van der Waals surface area contributed by atoms with Gasteiger partial charge in [0.25, 0.3) is 0 Å². The highest BCUT2D eigenvalue weighted by Gasteiger charge is 2.32. The Hall–Kier alpha value is -0.870. The van der Waals surface area contributed by atoms with Crippen molar-refractivity contribution in [2.24, 2.45) is 5.41 Å². The van der Waals surface area contributed by atoms with Crippen molar-refractivity contribution in [3.8, 4) is 0 Å². The highest BCUT2D eigenvalue weighted by Crippen LogP contribution is 2.27. The Labute approximate surface area is 113 Å². The third-order valence-corrected chi connectivity index (χ3v) is 4.35. The fourth-order valence-corrected chi connectivity index (χ4v) is 2.31. The average molecular weight is 269 g/mol. The molecule has 4 heteroatoms. The summed E-state index contributed by atoms with van der Waals surface area (Å²) < 4.78 is 0. The van der Waals surface area contributed by atoms with Crippen LogP contribution in [0.1, 0.15) is 39.5 Å². The summed E-state index contributed by atoms with van der Waals surface area (Å²) in [5, 5.41) is 14.7. The van der Waals surface area contributed by atoms with E-state index in [1.54, 1.807) is 11.3 Å². The first kappa shape index (κ1) is 15.2. The van der Waals surface area contributed by atoms with E-state index < -0.39 is 11.5 Å². The zero-order valence-corrected chi connectivity index (χ0v) is 12.6. The number of thiophene rings is 1. The van der Waals surface area contributed by atoms with Crippen molar-refractivity contribution < 1.29 is 9.90 Å². The van der Waals surface area contributed by atoms with Crippen LogP contribution >= 0.6 is 11.3 Å². The molecule has 0 aliphatic carbocycles. The number of amides is 1. The van der Waals surface area contributed by atoms with Gasteiger partial charge in [-0.15, -0.1) is 11.3 Å². The van der Waals surface area contributed by atoms with Gasteiger partial charge >= 0.3 is 0 Å². The lowest BCUT2D eigenvalue weighted by Gasteiger charge is -2.28. The Morgan fingerprint density at radius 3 is 2.44 bits per heavy atom. The molecular weight excluding hydrogens is 246 g/mol. The topological polar surface area (TPSA) is 49.3 Å². The van der Waals surface area contributed by atoms with Crippen LogP contribution in [-0.2, 0) is 10.2 Å². The van der Waals surface area contributed by atoms with Gasteiger partial charge in [0.05, 0.1) is 11.5 Å². The number of rotatable bonds is 4. The maximum absolute atomic E-state index is 12.2. The fourth-order valence-electron chi connectivity index (χ4n) is 1.46. The number of nitrogens with one attached hydrogen (secondary N) is 1. The second-order valence-electron chi connectivity index (χ2n) is 6.19. The van der Waals surface area contributed by atoms with E-state index in [2.05, 4.69) is 5.32 Å². The highest BCUT2D eigenvalue weighted by atomic mass is 32.1. The van der Waals surface area contributed by atoms with Crippen LogP contribution in [0.15, 0.2) is 17.5 Å². The molecule has 1 rings (SSSR count). The molecule has 102 valence electrons. The van der Waals surface area contributed by atoms with Gasteiger partial charge in [-0.3, -0.25) is 4.79 Å². The largest absolute Gasteiger partial charge is 0.391 e. The van der Waals surface area contributed by atoms with Crippen LogP contribution in [0, 0.1) is 5.41 Å². The van der Waals surface area contributed by atoms with Crippen LogP contribution in [-0.4, -0.2) is 23.7 Å². The molecule has 0 bridgehead atoms. The summed E-state index contributed by atoms with van der Waals surface area (Å²) in [5.74, 6) is -0.0479. The molecule has 0 spiro atoms. The normalized spacial score (nSPS) is 14.3. The monoisotopic (exact) mass is 269 g/mol. The van der Waals surface area contributed by atoms with Gasteiger partial charge in [0, 0.05) is 11.4 Å². The molecule has 1 atom stereocenters. The Bertz CT molecular complexity index is 390. The maximum Gasteiger partial charge on any atom is 0.231 e. The molecule has 3 nitrogen and oxygen atoms in total. The van der Waals surface area contributed by atoms with Crippen molar-refractivity contribution in [1.29, 1.82) is 0 Å². The lowest BCUT2D eigenvalue weighted by Crippen LogP contribution is -2.45. The number of hydrogen-bond acceptors (Lipinski definition) is 3. The standard InChI is InChI=1S/C14H23NO2S/c1-13(2,3)10(16)9-15-12(17)14(4,5)11-7-6-8-18-11/h6-8,10,16H,9H2,1-5H3,(H,15,17). The van der Waals surface area contributed by atoms with E-state index in [1.807, 2.05) is 52.1 Å². The third-order valence-electron chi connectivity index (χ3n) is 3.16. The zero-order chi connectivity index (χ0) is 14.0. The van der Waals surface area contributed by atoms with Crippen molar-refractivity contribution in [1.82, 2.24) is 5.32 Å². The molecule has 1 aromatic heterocycles. The van der Waals surface area contributed by atoms with Crippen molar-refractivity contribution in [3.63, 3.8) is 0 Å². The Kier molecular flexibility index (Phi) is 4.56. The molecule has 1 unspecified atom stereocenters. The first-order valence-electron chi connectivity index (χ1n) is 6.16. The summed E-state index contributed by atoms with van der Waals surface area (Å²) in [6.45, 7) is 9.95.